The first kappa shape index (κ1) is 19.2. The van der Waals surface area contributed by atoms with E-state index in [0.29, 0.717) is 0 Å². The summed E-state index contributed by atoms with van der Waals surface area (Å²) in [5, 5.41) is 19.6. The average Bonchev–Trinajstić information content (AvgIpc) is 2.64. The summed E-state index contributed by atoms with van der Waals surface area (Å²) in [5.41, 5.74) is 4.35. The molecule has 1 fully saturated rings. The maximum atomic E-state index is 11.6. The molecule has 6 N–H and O–H groups in total. The van der Waals surface area contributed by atoms with Crippen molar-refractivity contribution in [2.24, 2.45) is 0 Å². The predicted molar refractivity (Wildman–Crippen MR) is 64.6 cm³/mol. The van der Waals surface area contributed by atoms with Gasteiger partial charge in [-0.25, -0.2) is 14.3 Å². The molecule has 0 radical (unpaired) electrons. The van der Waals surface area contributed by atoms with Crippen LogP contribution < -0.4 is 30.3 Å². The number of aromatic nitrogens is 3. The van der Waals surface area contributed by atoms with Crippen LogP contribution in [0.4, 0.5) is 5.95 Å². The molecule has 4 atom stereocenters. The zero-order chi connectivity index (χ0) is 15.8. The zero-order valence-electron chi connectivity index (χ0n) is 11.4. The van der Waals surface area contributed by atoms with Crippen molar-refractivity contribution in [3.05, 3.63) is 16.8 Å². The predicted octanol–water partition coefficient (Wildman–Crippen LogP) is -6.05. The number of nitrogen functional groups attached to an aromatic ring is 1. The molecule has 22 heavy (non-hydrogen) atoms. The second-order valence-electron chi connectivity index (χ2n) is 4.24. The Hall–Kier alpha value is -0.803. The Bertz CT molecular complexity index is 622. The number of phosphoric ester groups is 1. The van der Waals surface area contributed by atoms with Gasteiger partial charge in [0.25, 0.3) is 0 Å². The standard InChI is InChI=1S/C8H13N4O8P.Li/c9-7-10-2-12(8(15)11-7)6-5(14)4(13)3(20-6)1-19-21(16,17)18;/h2-6,13-14H,1H2,(H2,9,11,15)(H2,16,17,18);/q;+1. The summed E-state index contributed by atoms with van der Waals surface area (Å²) in [6, 6.07) is 0. The van der Waals surface area contributed by atoms with E-state index in [4.69, 9.17) is 20.3 Å². The van der Waals surface area contributed by atoms with Gasteiger partial charge in [0, 0.05) is 0 Å². The van der Waals surface area contributed by atoms with Gasteiger partial charge in [-0.1, -0.05) is 0 Å². The van der Waals surface area contributed by atoms with E-state index in [9.17, 15) is 19.6 Å². The van der Waals surface area contributed by atoms with Crippen molar-refractivity contribution in [1.82, 2.24) is 14.5 Å². The van der Waals surface area contributed by atoms with Crippen LogP contribution in [0.1, 0.15) is 6.23 Å². The van der Waals surface area contributed by atoms with Gasteiger partial charge in [0.1, 0.15) is 24.6 Å². The molecule has 1 aromatic heterocycles. The van der Waals surface area contributed by atoms with E-state index in [1.807, 2.05) is 0 Å². The summed E-state index contributed by atoms with van der Waals surface area (Å²) in [6.45, 7) is -0.677. The molecule has 0 aromatic carbocycles. The van der Waals surface area contributed by atoms with Crippen LogP contribution in [0.15, 0.2) is 11.1 Å². The number of aliphatic hydroxyl groups is 2. The van der Waals surface area contributed by atoms with Crippen LogP contribution in [0, 0.1) is 0 Å². The maximum absolute atomic E-state index is 11.6. The van der Waals surface area contributed by atoms with Gasteiger partial charge in [0.05, 0.1) is 6.61 Å². The first-order valence-electron chi connectivity index (χ1n) is 5.61. The zero-order valence-corrected chi connectivity index (χ0v) is 12.3. The summed E-state index contributed by atoms with van der Waals surface area (Å²) in [6.07, 6.45) is -4.68. The number of hydrogen-bond donors (Lipinski definition) is 5. The number of ether oxygens (including phenoxy) is 1. The SMILES string of the molecule is Nc1ncn(C2OC(COP(=O)(O)O)C(O)C2O)c(=O)n1.[Li+]. The molecule has 0 spiro atoms. The van der Waals surface area contributed by atoms with Crippen LogP contribution in [0.2, 0.25) is 0 Å². The van der Waals surface area contributed by atoms with Crippen LogP contribution in [0.5, 0.6) is 0 Å². The number of hydrogen-bond acceptors (Lipinski definition) is 9. The van der Waals surface area contributed by atoms with Crippen molar-refractivity contribution in [3.63, 3.8) is 0 Å². The molecule has 14 heteroatoms. The second-order valence-corrected chi connectivity index (χ2v) is 5.48. The minimum absolute atomic E-state index is 0. The number of anilines is 1. The van der Waals surface area contributed by atoms with E-state index >= 15 is 0 Å². The Labute approximate surface area is 135 Å². The molecule has 1 aliphatic rings. The smallest absolute Gasteiger partial charge is 0.387 e. The number of nitrogens with two attached hydrogens (primary N) is 1. The molecule has 118 valence electrons. The molecule has 0 amide bonds. The van der Waals surface area contributed by atoms with Crippen LogP contribution >= 0.6 is 7.82 Å². The maximum Gasteiger partial charge on any atom is 1.00 e. The fraction of sp³-hybridized carbons (Fsp3) is 0.625. The van der Waals surface area contributed by atoms with Crippen molar-refractivity contribution in [2.75, 3.05) is 12.3 Å². The molecule has 0 aliphatic carbocycles. The Balaban J connectivity index is 0.00000242. The van der Waals surface area contributed by atoms with Gasteiger partial charge in [0.15, 0.2) is 6.23 Å². The third-order valence-electron chi connectivity index (χ3n) is 2.76. The van der Waals surface area contributed by atoms with E-state index in [-0.39, 0.29) is 24.8 Å². The summed E-state index contributed by atoms with van der Waals surface area (Å²) in [5.74, 6) is -0.273. The van der Waals surface area contributed by atoms with Gasteiger partial charge >= 0.3 is 32.4 Å². The van der Waals surface area contributed by atoms with Crippen LogP contribution in [-0.4, -0.2) is 59.5 Å². The third-order valence-corrected chi connectivity index (χ3v) is 3.25. The fourth-order valence-corrected chi connectivity index (χ4v) is 2.14. The molecule has 0 bridgehead atoms. The molecule has 1 saturated heterocycles. The topological polar surface area (TPSA) is 190 Å². The van der Waals surface area contributed by atoms with Gasteiger partial charge < -0.3 is 30.5 Å². The third kappa shape index (κ3) is 4.36. The van der Waals surface area contributed by atoms with Gasteiger partial charge in [-0.3, -0.25) is 9.09 Å². The van der Waals surface area contributed by atoms with E-state index in [2.05, 4.69) is 14.5 Å². The van der Waals surface area contributed by atoms with Gasteiger partial charge in [-0.15, -0.1) is 0 Å². The minimum Gasteiger partial charge on any atom is -0.387 e. The fourth-order valence-electron chi connectivity index (χ4n) is 1.80. The molecule has 1 aliphatic heterocycles. The summed E-state index contributed by atoms with van der Waals surface area (Å²) < 4.78 is 20.8. The average molecular weight is 331 g/mol. The summed E-state index contributed by atoms with van der Waals surface area (Å²) in [7, 11) is -4.75. The van der Waals surface area contributed by atoms with Gasteiger partial charge in [0.2, 0.25) is 5.95 Å². The minimum atomic E-state index is -4.75. The monoisotopic (exact) mass is 331 g/mol. The van der Waals surface area contributed by atoms with Crippen molar-refractivity contribution in [3.8, 4) is 0 Å². The number of rotatable bonds is 4. The van der Waals surface area contributed by atoms with Crippen LogP contribution in [0.25, 0.3) is 0 Å². The Kier molecular flexibility index (Phi) is 6.28. The number of phosphoric acid groups is 1. The molecule has 2 rings (SSSR count). The van der Waals surface area contributed by atoms with E-state index in [1.165, 1.54) is 0 Å². The molecule has 12 nitrogen and oxygen atoms in total. The Morgan fingerprint density at radius 1 is 1.41 bits per heavy atom. The summed E-state index contributed by atoms with van der Waals surface area (Å²) in [4.78, 5) is 35.7. The number of nitrogens with zero attached hydrogens (tertiary/aromatic N) is 3. The molecule has 2 heterocycles. The normalized spacial score (nSPS) is 28.4. The van der Waals surface area contributed by atoms with Gasteiger partial charge in [-0.2, -0.15) is 4.98 Å². The molecular formula is C8H13LiN4O8P+. The molecular weight excluding hydrogens is 318 g/mol. The van der Waals surface area contributed by atoms with E-state index in [0.717, 1.165) is 10.9 Å². The van der Waals surface area contributed by atoms with E-state index < -0.39 is 44.7 Å². The Morgan fingerprint density at radius 3 is 2.59 bits per heavy atom. The molecule has 0 saturated carbocycles. The second kappa shape index (κ2) is 7.18. The Morgan fingerprint density at radius 2 is 2.05 bits per heavy atom. The quantitative estimate of drug-likeness (QED) is 0.260. The molecule has 1 aromatic rings. The van der Waals surface area contributed by atoms with E-state index in [1.54, 1.807) is 0 Å². The largest absolute Gasteiger partial charge is 1.00 e. The van der Waals surface area contributed by atoms with Crippen molar-refractivity contribution >= 4 is 13.8 Å². The summed E-state index contributed by atoms with van der Waals surface area (Å²) >= 11 is 0. The number of aliphatic hydroxyl groups excluding tert-OH is 2. The first-order chi connectivity index (χ1) is 9.69. The van der Waals surface area contributed by atoms with Gasteiger partial charge in [-0.05, 0) is 0 Å². The van der Waals surface area contributed by atoms with Crippen LogP contribution in [0.3, 0.4) is 0 Å². The van der Waals surface area contributed by atoms with Crippen molar-refractivity contribution < 1.29 is 52.7 Å². The van der Waals surface area contributed by atoms with Crippen molar-refractivity contribution in [1.29, 1.82) is 0 Å². The van der Waals surface area contributed by atoms with Crippen molar-refractivity contribution in [2.45, 2.75) is 24.5 Å². The van der Waals surface area contributed by atoms with Crippen LogP contribution in [-0.2, 0) is 13.8 Å². The molecule has 4 unspecified atom stereocenters. The first-order valence-corrected chi connectivity index (χ1v) is 7.14.